The van der Waals surface area contributed by atoms with Gasteiger partial charge in [-0.25, -0.2) is 0 Å². The number of hydrogen-bond donors (Lipinski definition) is 3. The van der Waals surface area contributed by atoms with E-state index in [1.807, 2.05) is 30.3 Å². The highest BCUT2D eigenvalue weighted by atomic mass is 16.1. The lowest BCUT2D eigenvalue weighted by atomic mass is 9.93. The van der Waals surface area contributed by atoms with E-state index in [4.69, 9.17) is 5.73 Å². The molecule has 2 aromatic heterocycles. The van der Waals surface area contributed by atoms with Crippen LogP contribution >= 0.6 is 0 Å². The number of amides is 1. The van der Waals surface area contributed by atoms with Gasteiger partial charge in [0, 0.05) is 41.3 Å². The summed E-state index contributed by atoms with van der Waals surface area (Å²) in [4.78, 5) is 19.8. The Morgan fingerprint density at radius 3 is 2.57 bits per heavy atom. The molecule has 30 heavy (non-hydrogen) atoms. The number of hydrogen-bond acceptors (Lipinski definition) is 3. The van der Waals surface area contributed by atoms with Gasteiger partial charge in [0.15, 0.2) is 0 Å². The fourth-order valence-corrected chi connectivity index (χ4v) is 4.15. The Hall–Kier alpha value is -3.70. The number of rotatable bonds is 4. The number of H-pyrrole nitrogens is 1. The molecule has 2 aromatic carbocycles. The molecule has 0 unspecified atom stereocenters. The van der Waals surface area contributed by atoms with Crippen molar-refractivity contribution in [3.05, 3.63) is 89.7 Å². The first-order chi connectivity index (χ1) is 14.7. The van der Waals surface area contributed by atoms with Crippen LogP contribution in [0.1, 0.15) is 21.5 Å². The molecule has 0 radical (unpaired) electrons. The molecule has 4 N–H and O–H groups in total. The standard InChI is InChI=1S/C25H22N4O/c26-25(30)21-4-2-1-3-20(21)22-14-23(17-8-10-27-11-9-17)29-24(22)18-6-5-16-7-12-28-15-19(16)13-18/h1-6,8-11,13-14,28-29H,7,12,15H2,(H2,26,30). The molecule has 0 aliphatic carbocycles. The largest absolute Gasteiger partial charge is 0.366 e. The van der Waals surface area contributed by atoms with E-state index in [9.17, 15) is 4.79 Å². The van der Waals surface area contributed by atoms with Crippen LogP contribution in [0.4, 0.5) is 0 Å². The van der Waals surface area contributed by atoms with Crippen molar-refractivity contribution in [1.29, 1.82) is 0 Å². The van der Waals surface area contributed by atoms with E-state index in [-0.39, 0.29) is 0 Å². The number of fused-ring (bicyclic) bond motifs is 1. The molecular formula is C25H22N4O. The molecule has 1 aliphatic rings. The first-order valence-corrected chi connectivity index (χ1v) is 10.1. The third-order valence-corrected chi connectivity index (χ3v) is 5.67. The van der Waals surface area contributed by atoms with Crippen molar-refractivity contribution >= 4 is 5.91 Å². The molecule has 5 nitrogen and oxygen atoms in total. The predicted molar refractivity (Wildman–Crippen MR) is 119 cm³/mol. The monoisotopic (exact) mass is 394 g/mol. The molecule has 4 aromatic rings. The van der Waals surface area contributed by atoms with E-state index >= 15 is 0 Å². The Labute approximate surface area is 175 Å². The molecule has 0 fully saturated rings. The zero-order valence-corrected chi connectivity index (χ0v) is 16.5. The summed E-state index contributed by atoms with van der Waals surface area (Å²) < 4.78 is 0. The minimum absolute atomic E-state index is 0.433. The van der Waals surface area contributed by atoms with Crippen molar-refractivity contribution in [3.63, 3.8) is 0 Å². The van der Waals surface area contributed by atoms with Crippen molar-refractivity contribution in [2.24, 2.45) is 5.73 Å². The van der Waals surface area contributed by atoms with Gasteiger partial charge < -0.3 is 16.0 Å². The molecule has 5 rings (SSSR count). The number of carbonyl (C=O) groups excluding carboxylic acids is 1. The lowest BCUT2D eigenvalue weighted by Crippen LogP contribution is -2.23. The van der Waals surface area contributed by atoms with Crippen LogP contribution in [0, 0.1) is 0 Å². The van der Waals surface area contributed by atoms with Crippen molar-refractivity contribution < 1.29 is 4.79 Å². The number of pyridine rings is 1. The second-order valence-corrected chi connectivity index (χ2v) is 7.53. The predicted octanol–water partition coefficient (Wildman–Crippen LogP) is 4.16. The van der Waals surface area contributed by atoms with Crippen LogP contribution in [-0.4, -0.2) is 22.4 Å². The molecule has 148 valence electrons. The van der Waals surface area contributed by atoms with Gasteiger partial charge in [-0.2, -0.15) is 0 Å². The third kappa shape index (κ3) is 3.29. The highest BCUT2D eigenvalue weighted by molar-refractivity contribution is 6.02. The summed E-state index contributed by atoms with van der Waals surface area (Å²) in [6.07, 6.45) is 4.59. The molecule has 0 spiro atoms. The van der Waals surface area contributed by atoms with Gasteiger partial charge in [-0.15, -0.1) is 0 Å². The maximum Gasteiger partial charge on any atom is 0.249 e. The molecule has 0 saturated heterocycles. The summed E-state index contributed by atoms with van der Waals surface area (Å²) in [5.41, 5.74) is 14.8. The summed E-state index contributed by atoms with van der Waals surface area (Å²) >= 11 is 0. The van der Waals surface area contributed by atoms with E-state index in [1.54, 1.807) is 18.5 Å². The summed E-state index contributed by atoms with van der Waals surface area (Å²) in [5.74, 6) is -0.433. The van der Waals surface area contributed by atoms with Crippen LogP contribution in [0.25, 0.3) is 33.6 Å². The van der Waals surface area contributed by atoms with Crippen LogP contribution in [0.15, 0.2) is 73.1 Å². The summed E-state index contributed by atoms with van der Waals surface area (Å²) in [6.45, 7) is 1.88. The molecule has 0 saturated carbocycles. The quantitative estimate of drug-likeness (QED) is 0.486. The number of carbonyl (C=O) groups is 1. The van der Waals surface area contributed by atoms with Gasteiger partial charge in [0.1, 0.15) is 0 Å². The van der Waals surface area contributed by atoms with E-state index in [1.165, 1.54) is 11.1 Å². The van der Waals surface area contributed by atoms with Crippen LogP contribution in [0.2, 0.25) is 0 Å². The Bertz CT molecular complexity index is 1230. The molecule has 1 aliphatic heterocycles. The second-order valence-electron chi connectivity index (χ2n) is 7.53. The average molecular weight is 394 g/mol. The number of nitrogens with one attached hydrogen (secondary N) is 2. The zero-order valence-electron chi connectivity index (χ0n) is 16.5. The molecule has 0 bridgehead atoms. The third-order valence-electron chi connectivity index (χ3n) is 5.67. The first kappa shape index (κ1) is 18.3. The first-order valence-electron chi connectivity index (χ1n) is 10.1. The zero-order chi connectivity index (χ0) is 20.5. The maximum absolute atomic E-state index is 12.1. The topological polar surface area (TPSA) is 83.8 Å². The number of nitrogens with two attached hydrogens (primary N) is 1. The smallest absolute Gasteiger partial charge is 0.249 e. The van der Waals surface area contributed by atoms with Crippen molar-refractivity contribution in [2.45, 2.75) is 13.0 Å². The van der Waals surface area contributed by atoms with E-state index in [0.717, 1.165) is 53.2 Å². The van der Waals surface area contributed by atoms with Crippen molar-refractivity contribution in [2.75, 3.05) is 6.54 Å². The van der Waals surface area contributed by atoms with Gasteiger partial charge in [-0.1, -0.05) is 30.3 Å². The fraction of sp³-hybridized carbons (Fsp3) is 0.120. The van der Waals surface area contributed by atoms with Crippen LogP contribution in [-0.2, 0) is 13.0 Å². The van der Waals surface area contributed by atoms with Gasteiger partial charge >= 0.3 is 0 Å². The lowest BCUT2D eigenvalue weighted by molar-refractivity contribution is 0.100. The Kier molecular flexibility index (Phi) is 4.65. The number of primary amides is 1. The highest BCUT2D eigenvalue weighted by Gasteiger charge is 2.19. The van der Waals surface area contributed by atoms with Gasteiger partial charge in [0.25, 0.3) is 0 Å². The Morgan fingerprint density at radius 2 is 1.73 bits per heavy atom. The van der Waals surface area contributed by atoms with Crippen molar-refractivity contribution in [3.8, 4) is 33.6 Å². The number of aromatic nitrogens is 2. The van der Waals surface area contributed by atoms with Crippen LogP contribution in [0.5, 0.6) is 0 Å². The number of benzene rings is 2. The van der Waals surface area contributed by atoms with E-state index in [2.05, 4.69) is 39.6 Å². The van der Waals surface area contributed by atoms with Crippen LogP contribution < -0.4 is 11.1 Å². The van der Waals surface area contributed by atoms with Gasteiger partial charge in [0.05, 0.1) is 5.69 Å². The summed E-state index contributed by atoms with van der Waals surface area (Å²) in [6, 6.07) is 20.1. The summed E-state index contributed by atoms with van der Waals surface area (Å²) in [5, 5.41) is 3.44. The maximum atomic E-state index is 12.1. The van der Waals surface area contributed by atoms with E-state index < -0.39 is 5.91 Å². The SMILES string of the molecule is NC(=O)c1ccccc1-c1cc(-c2ccncc2)[nH]c1-c1ccc2c(c1)CNCC2. The van der Waals surface area contributed by atoms with E-state index in [0.29, 0.717) is 5.56 Å². The molecular weight excluding hydrogens is 372 g/mol. The Balaban J connectivity index is 1.72. The molecule has 0 atom stereocenters. The number of aromatic amines is 1. The van der Waals surface area contributed by atoms with Gasteiger partial charge in [0.2, 0.25) is 5.91 Å². The summed E-state index contributed by atoms with van der Waals surface area (Å²) in [7, 11) is 0. The highest BCUT2D eigenvalue weighted by Crippen LogP contribution is 2.38. The average Bonchev–Trinajstić information content (AvgIpc) is 3.25. The molecule has 1 amide bonds. The minimum Gasteiger partial charge on any atom is -0.366 e. The van der Waals surface area contributed by atoms with Crippen molar-refractivity contribution in [1.82, 2.24) is 15.3 Å². The Morgan fingerprint density at radius 1 is 0.900 bits per heavy atom. The van der Waals surface area contributed by atoms with Crippen LogP contribution in [0.3, 0.4) is 0 Å². The second kappa shape index (κ2) is 7.61. The molecule has 5 heteroatoms. The number of nitrogens with zero attached hydrogens (tertiary/aromatic N) is 1. The fourth-order valence-electron chi connectivity index (χ4n) is 4.15. The molecule has 3 heterocycles. The van der Waals surface area contributed by atoms with Gasteiger partial charge in [-0.3, -0.25) is 9.78 Å². The normalized spacial score (nSPS) is 13.1. The minimum atomic E-state index is -0.433. The lowest BCUT2D eigenvalue weighted by Gasteiger charge is -2.18. The van der Waals surface area contributed by atoms with Gasteiger partial charge in [-0.05, 0) is 65.6 Å².